The molecule has 0 saturated heterocycles. The normalized spacial score (nSPS) is 10.2. The molecular formula is C9H16N4. The van der Waals surface area contributed by atoms with E-state index >= 15 is 0 Å². The summed E-state index contributed by atoms with van der Waals surface area (Å²) in [5.41, 5.74) is 0. The van der Waals surface area contributed by atoms with Gasteiger partial charge in [-0.1, -0.05) is 13.3 Å². The predicted molar refractivity (Wildman–Crippen MR) is 51.3 cm³/mol. The highest BCUT2D eigenvalue weighted by Gasteiger charge is 1.93. The first-order valence-corrected chi connectivity index (χ1v) is 4.75. The molecule has 0 aromatic carbocycles. The molecule has 0 saturated carbocycles. The molecule has 0 unspecified atom stereocenters. The van der Waals surface area contributed by atoms with Gasteiger partial charge >= 0.3 is 0 Å². The lowest BCUT2D eigenvalue weighted by atomic mass is 10.3. The van der Waals surface area contributed by atoms with E-state index in [2.05, 4.69) is 27.2 Å². The summed E-state index contributed by atoms with van der Waals surface area (Å²) >= 11 is 0. The Morgan fingerprint density at radius 1 is 1.23 bits per heavy atom. The van der Waals surface area contributed by atoms with Gasteiger partial charge in [0.25, 0.3) is 0 Å². The standard InChI is InChI=1S/C9H16N4/c1-2-3-5-10-6-4-9-12-7-11-8-13-9/h7-8,10H,2-6H2,1H3. The zero-order chi connectivity index (χ0) is 9.36. The summed E-state index contributed by atoms with van der Waals surface area (Å²) in [6.45, 7) is 4.22. The molecule has 0 aliphatic rings. The molecule has 1 aromatic heterocycles. The number of nitrogens with one attached hydrogen (secondary N) is 1. The summed E-state index contributed by atoms with van der Waals surface area (Å²) in [6, 6.07) is 0. The molecule has 1 rings (SSSR count). The van der Waals surface area contributed by atoms with Gasteiger partial charge in [-0.2, -0.15) is 0 Å². The van der Waals surface area contributed by atoms with Gasteiger partial charge in [-0.25, -0.2) is 15.0 Å². The molecule has 72 valence electrons. The van der Waals surface area contributed by atoms with Crippen molar-refractivity contribution < 1.29 is 0 Å². The van der Waals surface area contributed by atoms with E-state index in [1.54, 1.807) is 0 Å². The summed E-state index contributed by atoms with van der Waals surface area (Å²) < 4.78 is 0. The topological polar surface area (TPSA) is 50.7 Å². The SMILES string of the molecule is CCCCNCCc1ncncn1. The van der Waals surface area contributed by atoms with Crippen LogP contribution >= 0.6 is 0 Å². The van der Waals surface area contributed by atoms with Crippen molar-refractivity contribution >= 4 is 0 Å². The van der Waals surface area contributed by atoms with Gasteiger partial charge < -0.3 is 5.32 Å². The summed E-state index contributed by atoms with van der Waals surface area (Å²) in [5, 5.41) is 3.33. The van der Waals surface area contributed by atoms with Crippen molar-refractivity contribution in [3.05, 3.63) is 18.5 Å². The Labute approximate surface area is 78.8 Å². The quantitative estimate of drug-likeness (QED) is 0.658. The summed E-state index contributed by atoms with van der Waals surface area (Å²) in [7, 11) is 0. The number of hydrogen-bond acceptors (Lipinski definition) is 4. The van der Waals surface area contributed by atoms with Gasteiger partial charge in [-0.05, 0) is 13.0 Å². The molecule has 0 amide bonds. The van der Waals surface area contributed by atoms with Crippen LogP contribution in [0.1, 0.15) is 25.6 Å². The number of nitrogens with zero attached hydrogens (tertiary/aromatic N) is 3. The lowest BCUT2D eigenvalue weighted by molar-refractivity contribution is 0.629. The van der Waals surface area contributed by atoms with Crippen molar-refractivity contribution in [3.8, 4) is 0 Å². The lowest BCUT2D eigenvalue weighted by Crippen LogP contribution is -2.19. The van der Waals surface area contributed by atoms with Crippen LogP contribution < -0.4 is 5.32 Å². The fraction of sp³-hybridized carbons (Fsp3) is 0.667. The van der Waals surface area contributed by atoms with Crippen molar-refractivity contribution in [2.75, 3.05) is 13.1 Å². The summed E-state index contributed by atoms with van der Waals surface area (Å²) in [5.74, 6) is 0.860. The monoisotopic (exact) mass is 180 g/mol. The van der Waals surface area contributed by atoms with Crippen LogP contribution in [0.4, 0.5) is 0 Å². The van der Waals surface area contributed by atoms with Crippen LogP contribution in [-0.4, -0.2) is 28.0 Å². The number of hydrogen-bond donors (Lipinski definition) is 1. The minimum absolute atomic E-state index is 0.860. The second-order valence-electron chi connectivity index (χ2n) is 2.91. The fourth-order valence-electron chi connectivity index (χ4n) is 1.02. The molecule has 1 heterocycles. The van der Waals surface area contributed by atoms with E-state index in [4.69, 9.17) is 0 Å². The molecule has 13 heavy (non-hydrogen) atoms. The summed E-state index contributed by atoms with van der Waals surface area (Å²) in [4.78, 5) is 11.8. The van der Waals surface area contributed by atoms with E-state index in [-0.39, 0.29) is 0 Å². The Morgan fingerprint density at radius 3 is 2.69 bits per heavy atom. The third-order valence-corrected chi connectivity index (χ3v) is 1.78. The smallest absolute Gasteiger partial charge is 0.133 e. The van der Waals surface area contributed by atoms with Gasteiger partial charge in [0.2, 0.25) is 0 Å². The maximum absolute atomic E-state index is 4.03. The van der Waals surface area contributed by atoms with Gasteiger partial charge in [0.1, 0.15) is 18.5 Å². The molecule has 0 atom stereocenters. The first-order chi connectivity index (χ1) is 6.43. The maximum atomic E-state index is 4.03. The Hall–Kier alpha value is -1.03. The van der Waals surface area contributed by atoms with Gasteiger partial charge in [0.05, 0.1) is 0 Å². The lowest BCUT2D eigenvalue weighted by Gasteiger charge is -2.01. The molecule has 4 heteroatoms. The van der Waals surface area contributed by atoms with Crippen LogP contribution in [0.3, 0.4) is 0 Å². The molecule has 0 radical (unpaired) electrons. The Bertz CT molecular complexity index is 212. The highest BCUT2D eigenvalue weighted by atomic mass is 15.0. The molecule has 0 aliphatic heterocycles. The van der Waals surface area contributed by atoms with Crippen molar-refractivity contribution in [2.45, 2.75) is 26.2 Å². The highest BCUT2D eigenvalue weighted by Crippen LogP contribution is 1.86. The van der Waals surface area contributed by atoms with Gasteiger partial charge in [-0.3, -0.25) is 0 Å². The Kier molecular flexibility index (Phi) is 5.01. The van der Waals surface area contributed by atoms with Crippen LogP contribution in [-0.2, 0) is 6.42 Å². The van der Waals surface area contributed by atoms with Gasteiger partial charge in [0, 0.05) is 13.0 Å². The van der Waals surface area contributed by atoms with Gasteiger partial charge in [0.15, 0.2) is 0 Å². The molecule has 0 fully saturated rings. The molecule has 0 bridgehead atoms. The number of unbranched alkanes of at least 4 members (excludes halogenated alkanes) is 1. The average Bonchev–Trinajstić information content (AvgIpc) is 2.19. The Balaban J connectivity index is 2.07. The van der Waals surface area contributed by atoms with E-state index in [1.165, 1.54) is 25.5 Å². The number of aromatic nitrogens is 3. The fourth-order valence-corrected chi connectivity index (χ4v) is 1.02. The molecule has 4 nitrogen and oxygen atoms in total. The van der Waals surface area contributed by atoms with Crippen molar-refractivity contribution in [3.63, 3.8) is 0 Å². The highest BCUT2D eigenvalue weighted by molar-refractivity contribution is 4.81. The van der Waals surface area contributed by atoms with Crippen molar-refractivity contribution in [2.24, 2.45) is 0 Å². The molecular weight excluding hydrogens is 164 g/mol. The van der Waals surface area contributed by atoms with E-state index < -0.39 is 0 Å². The first-order valence-electron chi connectivity index (χ1n) is 4.75. The largest absolute Gasteiger partial charge is 0.316 e. The second kappa shape index (κ2) is 6.48. The number of rotatable bonds is 6. The van der Waals surface area contributed by atoms with E-state index in [1.807, 2.05) is 0 Å². The average molecular weight is 180 g/mol. The molecule has 1 N–H and O–H groups in total. The van der Waals surface area contributed by atoms with E-state index in [0.717, 1.165) is 25.3 Å². The Morgan fingerprint density at radius 2 is 2.00 bits per heavy atom. The van der Waals surface area contributed by atoms with Crippen LogP contribution in [0.25, 0.3) is 0 Å². The van der Waals surface area contributed by atoms with Gasteiger partial charge in [-0.15, -0.1) is 0 Å². The third-order valence-electron chi connectivity index (χ3n) is 1.78. The first kappa shape index (κ1) is 10.1. The van der Waals surface area contributed by atoms with Crippen LogP contribution in [0.15, 0.2) is 12.7 Å². The molecule has 1 aromatic rings. The maximum Gasteiger partial charge on any atom is 0.133 e. The predicted octanol–water partition coefficient (Wildman–Crippen LogP) is 0.804. The second-order valence-corrected chi connectivity index (χ2v) is 2.91. The summed E-state index contributed by atoms with van der Waals surface area (Å²) in [6.07, 6.45) is 6.42. The van der Waals surface area contributed by atoms with E-state index in [9.17, 15) is 0 Å². The van der Waals surface area contributed by atoms with Crippen LogP contribution in [0.2, 0.25) is 0 Å². The zero-order valence-electron chi connectivity index (χ0n) is 8.03. The van der Waals surface area contributed by atoms with E-state index in [0.29, 0.717) is 0 Å². The van der Waals surface area contributed by atoms with Crippen LogP contribution in [0.5, 0.6) is 0 Å². The zero-order valence-corrected chi connectivity index (χ0v) is 8.03. The molecule has 0 aliphatic carbocycles. The van der Waals surface area contributed by atoms with Crippen molar-refractivity contribution in [1.82, 2.24) is 20.3 Å². The molecule has 0 spiro atoms. The third kappa shape index (κ3) is 4.52. The minimum atomic E-state index is 0.860. The van der Waals surface area contributed by atoms with Crippen molar-refractivity contribution in [1.29, 1.82) is 0 Å². The minimum Gasteiger partial charge on any atom is -0.316 e. The van der Waals surface area contributed by atoms with Crippen LogP contribution in [0, 0.1) is 0 Å².